The first kappa shape index (κ1) is 15.6. The van der Waals surface area contributed by atoms with Crippen LogP contribution in [0.15, 0.2) is 28.8 Å². The Hall–Kier alpha value is -2.96. The lowest BCUT2D eigenvalue weighted by Gasteiger charge is -2.21. The SMILES string of the molecule is Cc1noc(C2CCCN2C(=O)C(=O)c2c(C)[nH]c3ccccc23)n1. The first-order chi connectivity index (χ1) is 12.1. The number of nitrogens with one attached hydrogen (secondary N) is 1. The number of ketones is 1. The van der Waals surface area contributed by atoms with E-state index in [1.807, 2.05) is 31.2 Å². The Morgan fingerprint density at radius 1 is 1.28 bits per heavy atom. The van der Waals surface area contributed by atoms with Gasteiger partial charge in [-0.1, -0.05) is 23.4 Å². The zero-order valence-electron chi connectivity index (χ0n) is 14.1. The van der Waals surface area contributed by atoms with Gasteiger partial charge in [-0.25, -0.2) is 0 Å². The van der Waals surface area contributed by atoms with Gasteiger partial charge in [-0.3, -0.25) is 9.59 Å². The molecule has 1 atom stereocenters. The number of hydrogen-bond acceptors (Lipinski definition) is 5. The monoisotopic (exact) mass is 338 g/mol. The Bertz CT molecular complexity index is 972. The smallest absolute Gasteiger partial charge is 0.295 e. The Kier molecular flexibility index (Phi) is 3.63. The molecule has 4 rings (SSSR count). The van der Waals surface area contributed by atoms with Crippen LogP contribution in [-0.4, -0.2) is 38.3 Å². The minimum Gasteiger partial charge on any atom is -0.358 e. The van der Waals surface area contributed by atoms with E-state index in [1.165, 1.54) is 0 Å². The van der Waals surface area contributed by atoms with E-state index in [1.54, 1.807) is 11.8 Å². The zero-order valence-corrected chi connectivity index (χ0v) is 14.1. The van der Waals surface area contributed by atoms with E-state index in [0.717, 1.165) is 17.3 Å². The van der Waals surface area contributed by atoms with Crippen LogP contribution in [-0.2, 0) is 4.79 Å². The first-order valence-electron chi connectivity index (χ1n) is 8.29. The molecule has 7 heteroatoms. The molecule has 0 aliphatic carbocycles. The number of benzene rings is 1. The van der Waals surface area contributed by atoms with Gasteiger partial charge >= 0.3 is 0 Å². The molecule has 1 aliphatic heterocycles. The Labute approximate surface area is 144 Å². The number of nitrogens with zero attached hydrogens (tertiary/aromatic N) is 3. The van der Waals surface area contributed by atoms with Gasteiger partial charge in [0.2, 0.25) is 5.89 Å². The molecule has 1 aromatic carbocycles. The molecule has 1 aliphatic rings. The van der Waals surface area contributed by atoms with Crippen molar-refractivity contribution in [2.75, 3.05) is 6.54 Å². The van der Waals surface area contributed by atoms with Crippen molar-refractivity contribution in [1.29, 1.82) is 0 Å². The summed E-state index contributed by atoms with van der Waals surface area (Å²) in [6, 6.07) is 7.16. The van der Waals surface area contributed by atoms with Gasteiger partial charge in [0.15, 0.2) is 5.82 Å². The molecule has 128 valence electrons. The van der Waals surface area contributed by atoms with E-state index in [-0.39, 0.29) is 6.04 Å². The number of hydrogen-bond donors (Lipinski definition) is 1. The second-order valence-electron chi connectivity index (χ2n) is 6.34. The highest BCUT2D eigenvalue weighted by Gasteiger charge is 2.37. The third-order valence-electron chi connectivity index (χ3n) is 4.66. The van der Waals surface area contributed by atoms with Crippen LogP contribution in [0.1, 0.15) is 46.7 Å². The summed E-state index contributed by atoms with van der Waals surface area (Å²) in [5.41, 5.74) is 1.98. The molecule has 3 heterocycles. The highest BCUT2D eigenvalue weighted by Crippen LogP contribution is 2.32. The van der Waals surface area contributed by atoms with Crippen molar-refractivity contribution in [1.82, 2.24) is 20.0 Å². The summed E-state index contributed by atoms with van der Waals surface area (Å²) in [4.78, 5) is 34.8. The Morgan fingerprint density at radius 2 is 2.08 bits per heavy atom. The summed E-state index contributed by atoms with van der Waals surface area (Å²) in [7, 11) is 0. The number of fused-ring (bicyclic) bond motifs is 1. The van der Waals surface area contributed by atoms with Crippen LogP contribution in [0.5, 0.6) is 0 Å². The molecule has 1 amide bonds. The molecule has 0 saturated carbocycles. The quantitative estimate of drug-likeness (QED) is 0.585. The summed E-state index contributed by atoms with van der Waals surface area (Å²) in [6.07, 6.45) is 1.52. The molecule has 2 aromatic heterocycles. The van der Waals surface area contributed by atoms with Crippen molar-refractivity contribution in [2.24, 2.45) is 0 Å². The number of aromatic amines is 1. The van der Waals surface area contributed by atoms with Crippen LogP contribution in [0.4, 0.5) is 0 Å². The maximum atomic E-state index is 12.9. The summed E-state index contributed by atoms with van der Waals surface area (Å²) < 4.78 is 5.22. The van der Waals surface area contributed by atoms with Crippen LogP contribution in [0, 0.1) is 13.8 Å². The molecule has 0 bridgehead atoms. The van der Waals surface area contributed by atoms with Gasteiger partial charge in [-0.2, -0.15) is 4.98 Å². The van der Waals surface area contributed by atoms with E-state index >= 15 is 0 Å². The standard InChI is InChI=1S/C18H18N4O3/c1-10-15(12-6-3-4-7-13(12)19-10)16(23)18(24)22-9-5-8-14(22)17-20-11(2)21-25-17/h3-4,6-7,14,19H,5,8-9H2,1-2H3. The van der Waals surface area contributed by atoms with Crippen LogP contribution >= 0.6 is 0 Å². The van der Waals surface area contributed by atoms with Crippen molar-refractivity contribution >= 4 is 22.6 Å². The van der Waals surface area contributed by atoms with Crippen molar-refractivity contribution in [2.45, 2.75) is 32.7 Å². The molecule has 7 nitrogen and oxygen atoms in total. The van der Waals surface area contributed by atoms with Gasteiger partial charge < -0.3 is 14.4 Å². The fourth-order valence-electron chi connectivity index (χ4n) is 3.52. The molecule has 3 aromatic rings. The largest absolute Gasteiger partial charge is 0.358 e. The normalized spacial score (nSPS) is 17.4. The van der Waals surface area contributed by atoms with Crippen molar-refractivity contribution in [3.05, 3.63) is 47.2 Å². The summed E-state index contributed by atoms with van der Waals surface area (Å²) in [5.74, 6) is -0.107. The maximum Gasteiger partial charge on any atom is 0.295 e. The molecular weight excluding hydrogens is 320 g/mol. The van der Waals surface area contributed by atoms with Crippen LogP contribution in [0.2, 0.25) is 0 Å². The maximum absolute atomic E-state index is 12.9. The average molecular weight is 338 g/mol. The lowest BCUT2D eigenvalue weighted by Crippen LogP contribution is -2.36. The van der Waals surface area contributed by atoms with Gasteiger partial charge in [0.1, 0.15) is 6.04 Å². The number of carbonyl (C=O) groups is 2. The summed E-state index contributed by atoms with van der Waals surface area (Å²) in [6.45, 7) is 4.05. The molecule has 1 fully saturated rings. The van der Waals surface area contributed by atoms with E-state index in [4.69, 9.17) is 4.52 Å². The van der Waals surface area contributed by atoms with Crippen LogP contribution in [0.25, 0.3) is 10.9 Å². The number of likely N-dealkylation sites (tertiary alicyclic amines) is 1. The van der Waals surface area contributed by atoms with Gasteiger partial charge in [-0.15, -0.1) is 0 Å². The molecular formula is C18H18N4O3. The number of aromatic nitrogens is 3. The number of aryl methyl sites for hydroxylation is 2. The number of para-hydroxylation sites is 1. The van der Waals surface area contributed by atoms with Gasteiger partial charge in [-0.05, 0) is 32.8 Å². The molecule has 25 heavy (non-hydrogen) atoms. The Balaban J connectivity index is 1.67. The minimum absolute atomic E-state index is 0.330. The Morgan fingerprint density at radius 3 is 2.84 bits per heavy atom. The topological polar surface area (TPSA) is 92.1 Å². The highest BCUT2D eigenvalue weighted by atomic mass is 16.5. The van der Waals surface area contributed by atoms with Crippen LogP contribution < -0.4 is 0 Å². The van der Waals surface area contributed by atoms with Gasteiger partial charge in [0.25, 0.3) is 11.7 Å². The fourth-order valence-corrected chi connectivity index (χ4v) is 3.52. The van der Waals surface area contributed by atoms with E-state index in [2.05, 4.69) is 15.1 Å². The molecule has 0 spiro atoms. The van der Waals surface area contributed by atoms with E-state index in [0.29, 0.717) is 35.9 Å². The molecule has 0 radical (unpaired) electrons. The summed E-state index contributed by atoms with van der Waals surface area (Å²) in [5, 5.41) is 4.56. The van der Waals surface area contributed by atoms with Crippen molar-refractivity contribution in [3.8, 4) is 0 Å². The van der Waals surface area contributed by atoms with Crippen molar-refractivity contribution < 1.29 is 14.1 Å². The number of H-pyrrole nitrogens is 1. The second-order valence-corrected chi connectivity index (χ2v) is 6.34. The number of Topliss-reactive ketones (excluding diaryl/α,β-unsaturated/α-hetero) is 1. The predicted molar refractivity (Wildman–Crippen MR) is 90.1 cm³/mol. The molecule has 1 unspecified atom stereocenters. The zero-order chi connectivity index (χ0) is 17.6. The molecule has 1 N–H and O–H groups in total. The molecule has 1 saturated heterocycles. The lowest BCUT2D eigenvalue weighted by molar-refractivity contribution is -0.127. The average Bonchev–Trinajstić information content (AvgIpc) is 3.30. The minimum atomic E-state index is -0.522. The lowest BCUT2D eigenvalue weighted by atomic mass is 10.1. The van der Waals surface area contributed by atoms with Crippen molar-refractivity contribution in [3.63, 3.8) is 0 Å². The number of rotatable bonds is 3. The first-order valence-corrected chi connectivity index (χ1v) is 8.29. The van der Waals surface area contributed by atoms with Crippen LogP contribution in [0.3, 0.4) is 0 Å². The van der Waals surface area contributed by atoms with Gasteiger partial charge in [0.05, 0.1) is 5.56 Å². The van der Waals surface area contributed by atoms with E-state index < -0.39 is 11.7 Å². The van der Waals surface area contributed by atoms with Gasteiger partial charge in [0, 0.05) is 23.1 Å². The second kappa shape index (κ2) is 5.84. The third kappa shape index (κ3) is 2.52. The number of carbonyl (C=O) groups excluding carboxylic acids is 2. The predicted octanol–water partition coefficient (Wildman–Crippen LogP) is 2.71. The van der Waals surface area contributed by atoms with E-state index in [9.17, 15) is 9.59 Å². The fraction of sp³-hybridized carbons (Fsp3) is 0.333. The summed E-state index contributed by atoms with van der Waals surface area (Å²) >= 11 is 0. The third-order valence-corrected chi connectivity index (χ3v) is 4.66. The number of amides is 1. The highest BCUT2D eigenvalue weighted by molar-refractivity contribution is 6.45.